The lowest BCUT2D eigenvalue weighted by Crippen LogP contribution is -2.27. The second-order valence-electron chi connectivity index (χ2n) is 5.57. The molecule has 1 fully saturated rings. The molecule has 2 rings (SSSR count). The van der Waals surface area contributed by atoms with Crippen molar-refractivity contribution in [2.24, 2.45) is 5.92 Å². The number of ketones is 1. The summed E-state index contributed by atoms with van der Waals surface area (Å²) < 4.78 is 11.6. The van der Waals surface area contributed by atoms with E-state index < -0.39 is 0 Å². The lowest BCUT2D eigenvalue weighted by atomic mass is 9.88. The number of rotatable bonds is 6. The summed E-state index contributed by atoms with van der Waals surface area (Å²) in [7, 11) is 0. The van der Waals surface area contributed by atoms with Gasteiger partial charge in [-0.15, -0.1) is 0 Å². The first kappa shape index (κ1) is 15.0. The maximum absolute atomic E-state index is 11.5. The summed E-state index contributed by atoms with van der Waals surface area (Å²) in [4.78, 5) is 11.5. The van der Waals surface area contributed by atoms with Gasteiger partial charge in [-0.05, 0) is 37.8 Å². The Hall–Kier alpha value is -1.35. The van der Waals surface area contributed by atoms with Crippen LogP contribution in [0.2, 0.25) is 0 Å². The number of hydrogen-bond donors (Lipinski definition) is 0. The number of carbonyl (C=O) groups excluding carboxylic acids is 1. The van der Waals surface area contributed by atoms with Crippen LogP contribution in [0.4, 0.5) is 0 Å². The standard InChI is InChI=1S/C17H24O3/c1-13-7-3-5-9-16(13)19-11-12-20-17-10-6-4-8-15(17)14(2)18/h4,6,8,10,13,16H,3,5,7,9,11-12H2,1-2H3. The highest BCUT2D eigenvalue weighted by Gasteiger charge is 2.21. The van der Waals surface area contributed by atoms with Crippen molar-refractivity contribution in [1.29, 1.82) is 0 Å². The van der Waals surface area contributed by atoms with E-state index in [0.29, 0.717) is 36.5 Å². The molecule has 20 heavy (non-hydrogen) atoms. The van der Waals surface area contributed by atoms with Crippen LogP contribution in [-0.2, 0) is 4.74 Å². The molecule has 0 aliphatic heterocycles. The largest absolute Gasteiger partial charge is 0.490 e. The van der Waals surface area contributed by atoms with E-state index in [4.69, 9.17) is 9.47 Å². The van der Waals surface area contributed by atoms with Gasteiger partial charge < -0.3 is 9.47 Å². The first-order chi connectivity index (χ1) is 9.68. The molecule has 0 spiro atoms. The predicted octanol–water partition coefficient (Wildman–Crippen LogP) is 3.86. The fourth-order valence-electron chi connectivity index (χ4n) is 2.76. The Kier molecular flexibility index (Phi) is 5.60. The Morgan fingerprint density at radius 1 is 1.20 bits per heavy atom. The maximum Gasteiger partial charge on any atom is 0.163 e. The molecular formula is C17H24O3. The lowest BCUT2D eigenvalue weighted by Gasteiger charge is -2.28. The van der Waals surface area contributed by atoms with E-state index in [1.165, 1.54) is 19.3 Å². The minimum atomic E-state index is 0.0300. The monoisotopic (exact) mass is 276 g/mol. The van der Waals surface area contributed by atoms with Crippen LogP contribution in [-0.4, -0.2) is 25.1 Å². The Morgan fingerprint density at radius 2 is 1.95 bits per heavy atom. The normalized spacial score (nSPS) is 22.5. The van der Waals surface area contributed by atoms with E-state index in [9.17, 15) is 4.79 Å². The molecule has 2 unspecified atom stereocenters. The molecule has 0 aromatic heterocycles. The zero-order valence-corrected chi connectivity index (χ0v) is 12.4. The summed E-state index contributed by atoms with van der Waals surface area (Å²) >= 11 is 0. The van der Waals surface area contributed by atoms with Crippen molar-refractivity contribution in [2.45, 2.75) is 45.6 Å². The number of hydrogen-bond acceptors (Lipinski definition) is 3. The quantitative estimate of drug-likeness (QED) is 0.584. The molecule has 0 N–H and O–H groups in total. The molecule has 3 nitrogen and oxygen atoms in total. The van der Waals surface area contributed by atoms with Gasteiger partial charge in [0.25, 0.3) is 0 Å². The van der Waals surface area contributed by atoms with Gasteiger partial charge in [0, 0.05) is 0 Å². The Balaban J connectivity index is 1.77. The van der Waals surface area contributed by atoms with Gasteiger partial charge in [0.05, 0.1) is 18.3 Å². The summed E-state index contributed by atoms with van der Waals surface area (Å²) in [5, 5.41) is 0. The highest BCUT2D eigenvalue weighted by Crippen LogP contribution is 2.26. The van der Waals surface area contributed by atoms with E-state index in [-0.39, 0.29) is 5.78 Å². The van der Waals surface area contributed by atoms with E-state index in [1.54, 1.807) is 13.0 Å². The highest BCUT2D eigenvalue weighted by atomic mass is 16.5. The molecule has 0 saturated heterocycles. The number of para-hydroxylation sites is 1. The minimum absolute atomic E-state index is 0.0300. The zero-order chi connectivity index (χ0) is 14.4. The van der Waals surface area contributed by atoms with Gasteiger partial charge in [-0.1, -0.05) is 31.9 Å². The lowest BCUT2D eigenvalue weighted by molar-refractivity contribution is -0.0166. The molecule has 3 heteroatoms. The SMILES string of the molecule is CC(=O)c1ccccc1OCCOC1CCCCC1C. The fourth-order valence-corrected chi connectivity index (χ4v) is 2.76. The number of Topliss-reactive ketones (excluding diaryl/α,β-unsaturated/α-hetero) is 1. The van der Waals surface area contributed by atoms with Crippen LogP contribution < -0.4 is 4.74 Å². The van der Waals surface area contributed by atoms with Gasteiger partial charge in [-0.3, -0.25) is 4.79 Å². The molecule has 1 aliphatic carbocycles. The summed E-state index contributed by atoms with van der Waals surface area (Å²) in [5.74, 6) is 1.33. The summed E-state index contributed by atoms with van der Waals surface area (Å²) in [6.45, 7) is 4.90. The molecule has 110 valence electrons. The second kappa shape index (κ2) is 7.44. The number of carbonyl (C=O) groups is 1. The van der Waals surface area contributed by atoms with Crippen molar-refractivity contribution in [3.8, 4) is 5.75 Å². The van der Waals surface area contributed by atoms with E-state index >= 15 is 0 Å². The first-order valence-corrected chi connectivity index (χ1v) is 7.53. The van der Waals surface area contributed by atoms with Crippen molar-refractivity contribution in [2.75, 3.05) is 13.2 Å². The minimum Gasteiger partial charge on any atom is -0.490 e. The smallest absolute Gasteiger partial charge is 0.163 e. The van der Waals surface area contributed by atoms with Crippen LogP contribution in [0.1, 0.15) is 49.9 Å². The zero-order valence-electron chi connectivity index (χ0n) is 12.4. The van der Waals surface area contributed by atoms with Crippen molar-refractivity contribution in [3.63, 3.8) is 0 Å². The maximum atomic E-state index is 11.5. The van der Waals surface area contributed by atoms with E-state index in [2.05, 4.69) is 6.92 Å². The molecule has 2 atom stereocenters. The van der Waals surface area contributed by atoms with Crippen LogP contribution >= 0.6 is 0 Å². The summed E-state index contributed by atoms with van der Waals surface area (Å²) in [5.41, 5.74) is 0.638. The molecule has 0 heterocycles. The molecule has 0 bridgehead atoms. The molecule has 1 aromatic rings. The fraction of sp³-hybridized carbons (Fsp3) is 0.588. The molecular weight excluding hydrogens is 252 g/mol. The Labute approximate surface area is 121 Å². The second-order valence-corrected chi connectivity index (χ2v) is 5.57. The van der Waals surface area contributed by atoms with E-state index in [1.807, 2.05) is 18.2 Å². The molecule has 1 aliphatic rings. The third-order valence-corrected chi connectivity index (χ3v) is 3.97. The predicted molar refractivity (Wildman–Crippen MR) is 79.3 cm³/mol. The molecule has 0 radical (unpaired) electrons. The number of ether oxygens (including phenoxy) is 2. The molecule has 1 aromatic carbocycles. The average Bonchev–Trinajstić information content (AvgIpc) is 2.45. The summed E-state index contributed by atoms with van der Waals surface area (Å²) in [6.07, 6.45) is 5.38. The molecule has 0 amide bonds. The first-order valence-electron chi connectivity index (χ1n) is 7.53. The van der Waals surface area contributed by atoms with Crippen molar-refractivity contribution in [3.05, 3.63) is 29.8 Å². The van der Waals surface area contributed by atoms with Gasteiger partial charge in [0.2, 0.25) is 0 Å². The van der Waals surface area contributed by atoms with Gasteiger partial charge in [0.15, 0.2) is 5.78 Å². The van der Waals surface area contributed by atoms with Gasteiger partial charge >= 0.3 is 0 Å². The van der Waals surface area contributed by atoms with Crippen LogP contribution in [0.25, 0.3) is 0 Å². The van der Waals surface area contributed by atoms with Crippen LogP contribution in [0, 0.1) is 5.92 Å². The Bertz CT molecular complexity index is 442. The highest BCUT2D eigenvalue weighted by molar-refractivity contribution is 5.96. The van der Waals surface area contributed by atoms with Gasteiger partial charge in [-0.2, -0.15) is 0 Å². The van der Waals surface area contributed by atoms with Crippen molar-refractivity contribution >= 4 is 5.78 Å². The van der Waals surface area contributed by atoms with Crippen LogP contribution in [0.15, 0.2) is 24.3 Å². The molecule has 1 saturated carbocycles. The van der Waals surface area contributed by atoms with Crippen LogP contribution in [0.5, 0.6) is 5.75 Å². The average molecular weight is 276 g/mol. The van der Waals surface area contributed by atoms with Gasteiger partial charge in [-0.25, -0.2) is 0 Å². The van der Waals surface area contributed by atoms with Crippen molar-refractivity contribution in [1.82, 2.24) is 0 Å². The summed E-state index contributed by atoms with van der Waals surface area (Å²) in [6, 6.07) is 7.36. The third-order valence-electron chi connectivity index (χ3n) is 3.97. The van der Waals surface area contributed by atoms with Crippen molar-refractivity contribution < 1.29 is 14.3 Å². The van der Waals surface area contributed by atoms with Crippen LogP contribution in [0.3, 0.4) is 0 Å². The Morgan fingerprint density at radius 3 is 2.70 bits per heavy atom. The topological polar surface area (TPSA) is 35.5 Å². The number of benzene rings is 1. The third kappa shape index (κ3) is 4.07. The van der Waals surface area contributed by atoms with E-state index in [0.717, 1.165) is 6.42 Å². The van der Waals surface area contributed by atoms with Gasteiger partial charge in [0.1, 0.15) is 12.4 Å².